The summed E-state index contributed by atoms with van der Waals surface area (Å²) in [4.78, 5) is 12.0. The van der Waals surface area contributed by atoms with Crippen molar-refractivity contribution in [1.82, 2.24) is 15.0 Å². The lowest BCUT2D eigenvalue weighted by Gasteiger charge is -2.18. The molecule has 1 aromatic heterocycles. The first-order valence-electron chi connectivity index (χ1n) is 7.48. The molecule has 5 nitrogen and oxygen atoms in total. The maximum absolute atomic E-state index is 12.0. The predicted octanol–water partition coefficient (Wildman–Crippen LogP) is 3.51. The summed E-state index contributed by atoms with van der Waals surface area (Å²) in [6, 6.07) is 0. The van der Waals surface area contributed by atoms with Gasteiger partial charge in [-0.15, -0.1) is 5.10 Å². The SMILES string of the molecule is CCCCCCCn1nnc(C(=O)OC(C)(C)C)c1C. The van der Waals surface area contributed by atoms with E-state index in [2.05, 4.69) is 17.2 Å². The predicted molar refractivity (Wildman–Crippen MR) is 78.7 cm³/mol. The number of ether oxygens (including phenoxy) is 1. The molecule has 20 heavy (non-hydrogen) atoms. The number of hydrogen-bond donors (Lipinski definition) is 0. The van der Waals surface area contributed by atoms with Crippen molar-refractivity contribution >= 4 is 5.97 Å². The molecule has 0 aliphatic carbocycles. The van der Waals surface area contributed by atoms with E-state index < -0.39 is 11.6 Å². The third-order valence-corrected chi connectivity index (χ3v) is 3.05. The summed E-state index contributed by atoms with van der Waals surface area (Å²) in [6.45, 7) is 10.4. The summed E-state index contributed by atoms with van der Waals surface area (Å²) >= 11 is 0. The minimum Gasteiger partial charge on any atom is -0.455 e. The highest BCUT2D eigenvalue weighted by Gasteiger charge is 2.23. The van der Waals surface area contributed by atoms with Crippen LogP contribution in [0.25, 0.3) is 0 Å². The van der Waals surface area contributed by atoms with Crippen LogP contribution in [0.5, 0.6) is 0 Å². The van der Waals surface area contributed by atoms with E-state index in [1.807, 2.05) is 27.7 Å². The Hall–Kier alpha value is -1.39. The zero-order valence-electron chi connectivity index (χ0n) is 13.4. The molecule has 0 spiro atoms. The third kappa shape index (κ3) is 5.31. The van der Waals surface area contributed by atoms with Crippen molar-refractivity contribution in [1.29, 1.82) is 0 Å². The Bertz CT molecular complexity index is 433. The van der Waals surface area contributed by atoms with Gasteiger partial charge >= 0.3 is 5.97 Å². The molecule has 0 saturated carbocycles. The van der Waals surface area contributed by atoms with E-state index in [1.165, 1.54) is 25.7 Å². The van der Waals surface area contributed by atoms with E-state index in [9.17, 15) is 4.79 Å². The van der Waals surface area contributed by atoms with Gasteiger partial charge in [0.05, 0.1) is 5.69 Å². The molecule has 0 saturated heterocycles. The van der Waals surface area contributed by atoms with Crippen molar-refractivity contribution in [3.8, 4) is 0 Å². The molecule has 0 aliphatic heterocycles. The number of nitrogens with zero attached hydrogens (tertiary/aromatic N) is 3. The van der Waals surface area contributed by atoms with Crippen LogP contribution in [0.15, 0.2) is 0 Å². The molecule has 0 atom stereocenters. The molecule has 0 aromatic carbocycles. The maximum atomic E-state index is 12.0. The van der Waals surface area contributed by atoms with Crippen LogP contribution in [0.2, 0.25) is 0 Å². The molecule has 114 valence electrons. The fourth-order valence-electron chi connectivity index (χ4n) is 1.95. The normalized spacial score (nSPS) is 11.7. The van der Waals surface area contributed by atoms with Gasteiger partial charge in [-0.25, -0.2) is 9.48 Å². The largest absolute Gasteiger partial charge is 0.455 e. The van der Waals surface area contributed by atoms with E-state index in [0.29, 0.717) is 5.69 Å². The number of carbonyl (C=O) groups excluding carboxylic acids is 1. The van der Waals surface area contributed by atoms with Gasteiger partial charge in [-0.3, -0.25) is 0 Å². The number of hydrogen-bond acceptors (Lipinski definition) is 4. The van der Waals surface area contributed by atoms with Gasteiger partial charge in [0.25, 0.3) is 0 Å². The van der Waals surface area contributed by atoms with Crippen LogP contribution in [0.1, 0.15) is 76.0 Å². The monoisotopic (exact) mass is 281 g/mol. The van der Waals surface area contributed by atoms with Crippen LogP contribution < -0.4 is 0 Å². The van der Waals surface area contributed by atoms with Crippen molar-refractivity contribution in [2.75, 3.05) is 0 Å². The molecule has 0 fully saturated rings. The Morgan fingerprint density at radius 3 is 2.45 bits per heavy atom. The molecule has 1 heterocycles. The molecule has 1 rings (SSSR count). The Kier molecular flexibility index (Phi) is 6.17. The smallest absolute Gasteiger partial charge is 0.361 e. The molecular weight excluding hydrogens is 254 g/mol. The zero-order valence-corrected chi connectivity index (χ0v) is 13.4. The summed E-state index contributed by atoms with van der Waals surface area (Å²) < 4.78 is 7.12. The lowest BCUT2D eigenvalue weighted by molar-refractivity contribution is 0.00618. The number of aromatic nitrogens is 3. The second-order valence-corrected chi connectivity index (χ2v) is 6.16. The number of aryl methyl sites for hydroxylation is 1. The summed E-state index contributed by atoms with van der Waals surface area (Å²) in [5.41, 5.74) is 0.608. The van der Waals surface area contributed by atoms with Gasteiger partial charge in [0.15, 0.2) is 5.69 Å². The standard InChI is InChI=1S/C15H27N3O2/c1-6-7-8-9-10-11-18-12(2)13(16-17-18)14(19)20-15(3,4)5/h6-11H2,1-5H3. The van der Waals surface area contributed by atoms with E-state index in [4.69, 9.17) is 4.74 Å². The number of esters is 1. The summed E-state index contributed by atoms with van der Waals surface area (Å²) in [7, 11) is 0. The topological polar surface area (TPSA) is 57.0 Å². The first-order chi connectivity index (χ1) is 9.35. The zero-order chi connectivity index (χ0) is 15.2. The van der Waals surface area contributed by atoms with Crippen LogP contribution in [0.4, 0.5) is 0 Å². The average Bonchev–Trinajstić information content (AvgIpc) is 2.69. The van der Waals surface area contributed by atoms with Crippen molar-refractivity contribution in [3.05, 3.63) is 11.4 Å². The fourth-order valence-corrected chi connectivity index (χ4v) is 1.95. The lowest BCUT2D eigenvalue weighted by Crippen LogP contribution is -2.24. The summed E-state index contributed by atoms with van der Waals surface area (Å²) in [5, 5.41) is 8.00. The van der Waals surface area contributed by atoms with Crippen molar-refractivity contribution in [2.45, 2.75) is 78.9 Å². The maximum Gasteiger partial charge on any atom is 0.361 e. The first-order valence-corrected chi connectivity index (χ1v) is 7.48. The Labute approximate surface area is 121 Å². The molecule has 0 radical (unpaired) electrons. The van der Waals surface area contributed by atoms with Crippen LogP contribution in [0, 0.1) is 6.92 Å². The van der Waals surface area contributed by atoms with Crippen LogP contribution in [-0.2, 0) is 11.3 Å². The van der Waals surface area contributed by atoms with Crippen molar-refractivity contribution in [2.24, 2.45) is 0 Å². The van der Waals surface area contributed by atoms with Gasteiger partial charge in [-0.2, -0.15) is 0 Å². The fraction of sp³-hybridized carbons (Fsp3) is 0.800. The Balaban J connectivity index is 2.54. The van der Waals surface area contributed by atoms with Crippen molar-refractivity contribution in [3.63, 3.8) is 0 Å². The van der Waals surface area contributed by atoms with E-state index in [-0.39, 0.29) is 0 Å². The van der Waals surface area contributed by atoms with Gasteiger partial charge in [0.2, 0.25) is 0 Å². The molecule has 0 bridgehead atoms. The quantitative estimate of drug-likeness (QED) is 0.567. The highest BCUT2D eigenvalue weighted by molar-refractivity contribution is 5.88. The first kappa shape index (κ1) is 16.7. The second kappa shape index (κ2) is 7.41. The number of rotatable bonds is 7. The van der Waals surface area contributed by atoms with Crippen molar-refractivity contribution < 1.29 is 9.53 Å². The van der Waals surface area contributed by atoms with E-state index in [0.717, 1.165) is 18.7 Å². The molecule has 1 aromatic rings. The van der Waals surface area contributed by atoms with Gasteiger partial charge in [-0.1, -0.05) is 37.8 Å². The third-order valence-electron chi connectivity index (χ3n) is 3.05. The second-order valence-electron chi connectivity index (χ2n) is 6.16. The van der Waals surface area contributed by atoms with Gasteiger partial charge in [0.1, 0.15) is 5.60 Å². The molecular formula is C15H27N3O2. The van der Waals surface area contributed by atoms with Crippen LogP contribution in [-0.4, -0.2) is 26.6 Å². The molecule has 0 unspecified atom stereocenters. The Morgan fingerprint density at radius 2 is 1.85 bits per heavy atom. The highest BCUT2D eigenvalue weighted by Crippen LogP contribution is 2.13. The lowest BCUT2D eigenvalue weighted by atomic mass is 10.1. The van der Waals surface area contributed by atoms with E-state index in [1.54, 1.807) is 4.68 Å². The molecule has 0 amide bonds. The van der Waals surface area contributed by atoms with Gasteiger partial charge in [-0.05, 0) is 34.1 Å². The Morgan fingerprint density at radius 1 is 1.20 bits per heavy atom. The summed E-state index contributed by atoms with van der Waals surface area (Å²) in [6.07, 6.45) is 6.03. The highest BCUT2D eigenvalue weighted by atomic mass is 16.6. The van der Waals surface area contributed by atoms with Crippen LogP contribution >= 0.6 is 0 Å². The minimum absolute atomic E-state index is 0.327. The minimum atomic E-state index is -0.506. The van der Waals surface area contributed by atoms with Gasteiger partial charge < -0.3 is 4.74 Å². The van der Waals surface area contributed by atoms with Crippen LogP contribution in [0.3, 0.4) is 0 Å². The average molecular weight is 281 g/mol. The molecule has 0 aliphatic rings. The van der Waals surface area contributed by atoms with E-state index >= 15 is 0 Å². The summed E-state index contributed by atoms with van der Waals surface area (Å²) in [5.74, 6) is -0.396. The molecule has 5 heteroatoms. The number of carbonyl (C=O) groups is 1. The van der Waals surface area contributed by atoms with Gasteiger partial charge in [0, 0.05) is 6.54 Å². The number of unbranched alkanes of at least 4 members (excludes halogenated alkanes) is 4. The molecule has 0 N–H and O–H groups in total.